The minimum absolute atomic E-state index is 0. The molecule has 1 heterocycles. The van der Waals surface area contributed by atoms with Crippen LogP contribution < -0.4 is 16.0 Å². The minimum atomic E-state index is -2.94. The lowest BCUT2D eigenvalue weighted by Gasteiger charge is -2.17. The zero-order chi connectivity index (χ0) is 18.3. The average molecular weight is 511 g/mol. The summed E-state index contributed by atoms with van der Waals surface area (Å²) in [6, 6.07) is 8.07. The summed E-state index contributed by atoms with van der Waals surface area (Å²) in [5.74, 6) is 0.823. The number of benzene rings is 1. The molecule has 1 aromatic heterocycles. The van der Waals surface area contributed by atoms with E-state index in [1.165, 1.54) is 6.26 Å². The van der Waals surface area contributed by atoms with Crippen LogP contribution in [0.3, 0.4) is 0 Å². The van der Waals surface area contributed by atoms with Crippen LogP contribution in [0, 0.1) is 0 Å². The van der Waals surface area contributed by atoms with E-state index in [0.717, 1.165) is 15.3 Å². The van der Waals surface area contributed by atoms with E-state index in [4.69, 9.17) is 0 Å². The smallest absolute Gasteiger partial charge is 0.191 e. The molecule has 26 heavy (non-hydrogen) atoms. The number of nitrogens with zero attached hydrogens (tertiary/aromatic N) is 2. The van der Waals surface area contributed by atoms with Gasteiger partial charge in [0, 0.05) is 32.4 Å². The number of rotatable bonds is 8. The lowest BCUT2D eigenvalue weighted by Crippen LogP contribution is -2.44. The van der Waals surface area contributed by atoms with Crippen molar-refractivity contribution in [1.29, 1.82) is 0 Å². The summed E-state index contributed by atoms with van der Waals surface area (Å²) in [5.41, 5.74) is 1.00. The molecule has 0 fully saturated rings. The molecule has 0 aliphatic rings. The van der Waals surface area contributed by atoms with Crippen LogP contribution >= 0.6 is 35.3 Å². The van der Waals surface area contributed by atoms with Crippen LogP contribution in [0.2, 0.25) is 0 Å². The maximum Gasteiger partial charge on any atom is 0.191 e. The van der Waals surface area contributed by atoms with Gasteiger partial charge >= 0.3 is 0 Å². The van der Waals surface area contributed by atoms with Gasteiger partial charge in [0.05, 0.1) is 16.0 Å². The predicted octanol–water partition coefficient (Wildman–Crippen LogP) is 2.31. The van der Waals surface area contributed by atoms with Crippen LogP contribution in [-0.2, 0) is 9.84 Å². The molecule has 7 nitrogen and oxygen atoms in total. The van der Waals surface area contributed by atoms with Crippen molar-refractivity contribution in [2.75, 3.05) is 37.5 Å². The zero-order valence-electron chi connectivity index (χ0n) is 15.2. The first kappa shape index (κ1) is 22.9. The summed E-state index contributed by atoms with van der Waals surface area (Å²) in [6.45, 7) is 3.32. The van der Waals surface area contributed by atoms with Gasteiger partial charge in [0.15, 0.2) is 11.1 Å². The highest BCUT2D eigenvalue weighted by Crippen LogP contribution is 2.24. The number of anilines is 1. The third-order valence-electron chi connectivity index (χ3n) is 3.52. The highest BCUT2D eigenvalue weighted by atomic mass is 127. The monoisotopic (exact) mass is 511 g/mol. The highest BCUT2D eigenvalue weighted by molar-refractivity contribution is 14.0. The van der Waals surface area contributed by atoms with Crippen LogP contribution in [0.15, 0.2) is 29.3 Å². The van der Waals surface area contributed by atoms with Gasteiger partial charge in [-0.2, -0.15) is 0 Å². The second-order valence-corrected chi connectivity index (χ2v) is 9.17. The number of guanidine groups is 1. The number of aliphatic imine (C=N–C) groups is 1. The highest BCUT2D eigenvalue weighted by Gasteiger charge is 2.09. The van der Waals surface area contributed by atoms with E-state index < -0.39 is 9.84 Å². The predicted molar refractivity (Wildman–Crippen MR) is 122 cm³/mol. The Morgan fingerprint density at radius 2 is 2.04 bits per heavy atom. The number of thiazole rings is 1. The Morgan fingerprint density at radius 1 is 1.31 bits per heavy atom. The van der Waals surface area contributed by atoms with Gasteiger partial charge in [0.25, 0.3) is 0 Å². The van der Waals surface area contributed by atoms with E-state index in [9.17, 15) is 8.42 Å². The molecule has 0 radical (unpaired) electrons. The molecule has 0 bridgehead atoms. The Bertz CT molecular complexity index is 790. The lowest BCUT2D eigenvalue weighted by molar-refractivity contribution is 0.581. The van der Waals surface area contributed by atoms with Crippen molar-refractivity contribution in [2.24, 2.45) is 4.99 Å². The summed E-state index contributed by atoms with van der Waals surface area (Å²) in [5, 5.41) is 10.6. The number of halogens is 1. The van der Waals surface area contributed by atoms with Crippen molar-refractivity contribution in [2.45, 2.75) is 19.4 Å². The minimum Gasteiger partial charge on any atom is -0.360 e. The van der Waals surface area contributed by atoms with Crippen LogP contribution in [0.4, 0.5) is 5.13 Å². The fraction of sp³-hybridized carbons (Fsp3) is 0.500. The van der Waals surface area contributed by atoms with Crippen LogP contribution in [-0.4, -0.2) is 57.5 Å². The largest absolute Gasteiger partial charge is 0.360 e. The standard InChI is InChI=1S/C16H25N5O2S2.HI/c1-12(8-11-25(3,22)23)20-15(17-2)18-9-10-19-16-21-13-6-4-5-7-14(13)24-16;/h4-7,12H,8-11H2,1-3H3,(H,19,21)(H2,17,18,20);1H. The average Bonchev–Trinajstić information content (AvgIpc) is 2.98. The van der Waals surface area contributed by atoms with E-state index in [1.54, 1.807) is 18.4 Å². The molecule has 1 unspecified atom stereocenters. The third kappa shape index (κ3) is 8.04. The van der Waals surface area contributed by atoms with Gasteiger partial charge in [-0.3, -0.25) is 4.99 Å². The number of fused-ring (bicyclic) bond motifs is 1. The Labute approximate surface area is 176 Å². The number of hydrogen-bond acceptors (Lipinski definition) is 6. The quantitative estimate of drug-likeness (QED) is 0.218. The Hall–Kier alpha value is -1.14. The molecule has 0 spiro atoms. The van der Waals surface area contributed by atoms with E-state index in [1.807, 2.05) is 25.1 Å². The van der Waals surface area contributed by atoms with Gasteiger partial charge in [0.1, 0.15) is 9.84 Å². The number of sulfone groups is 1. The third-order valence-corrected chi connectivity index (χ3v) is 5.49. The molecule has 0 saturated carbocycles. The molecule has 1 aromatic carbocycles. The molecule has 2 aromatic rings. The van der Waals surface area contributed by atoms with Crippen molar-refractivity contribution in [3.63, 3.8) is 0 Å². The summed E-state index contributed by atoms with van der Waals surface area (Å²) < 4.78 is 23.6. The molecule has 0 saturated heterocycles. The molecule has 146 valence electrons. The van der Waals surface area contributed by atoms with E-state index in [-0.39, 0.29) is 35.8 Å². The van der Waals surface area contributed by atoms with Crippen molar-refractivity contribution in [3.05, 3.63) is 24.3 Å². The second kappa shape index (κ2) is 10.9. The molecule has 0 amide bonds. The maximum atomic E-state index is 11.2. The van der Waals surface area contributed by atoms with Crippen molar-refractivity contribution in [1.82, 2.24) is 15.6 Å². The zero-order valence-corrected chi connectivity index (χ0v) is 19.1. The maximum absolute atomic E-state index is 11.2. The van der Waals surface area contributed by atoms with Crippen molar-refractivity contribution >= 4 is 66.5 Å². The second-order valence-electron chi connectivity index (χ2n) is 5.88. The summed E-state index contributed by atoms with van der Waals surface area (Å²) in [7, 11) is -1.25. The summed E-state index contributed by atoms with van der Waals surface area (Å²) in [6.07, 6.45) is 1.80. The molecule has 2 rings (SSSR count). The fourth-order valence-electron chi connectivity index (χ4n) is 2.19. The van der Waals surface area contributed by atoms with Crippen molar-refractivity contribution < 1.29 is 8.42 Å². The molecule has 0 aliphatic carbocycles. The van der Waals surface area contributed by atoms with E-state index >= 15 is 0 Å². The fourth-order valence-corrected chi connectivity index (χ4v) is 3.86. The van der Waals surface area contributed by atoms with E-state index in [0.29, 0.717) is 25.5 Å². The molecule has 3 N–H and O–H groups in total. The van der Waals surface area contributed by atoms with Crippen LogP contribution in [0.25, 0.3) is 10.2 Å². The number of nitrogens with one attached hydrogen (secondary N) is 3. The van der Waals surface area contributed by atoms with Gasteiger partial charge in [-0.1, -0.05) is 23.5 Å². The topological polar surface area (TPSA) is 95.5 Å². The molecule has 10 heteroatoms. The summed E-state index contributed by atoms with van der Waals surface area (Å²) >= 11 is 1.63. The molecular weight excluding hydrogens is 485 g/mol. The van der Waals surface area contributed by atoms with Crippen LogP contribution in [0.5, 0.6) is 0 Å². The van der Waals surface area contributed by atoms with Crippen molar-refractivity contribution in [3.8, 4) is 0 Å². The number of para-hydroxylation sites is 1. The summed E-state index contributed by atoms with van der Waals surface area (Å²) in [4.78, 5) is 8.68. The molecular formula is C16H26IN5O2S2. The van der Waals surface area contributed by atoms with Crippen LogP contribution in [0.1, 0.15) is 13.3 Å². The lowest BCUT2D eigenvalue weighted by atomic mass is 10.3. The Kier molecular flexibility index (Phi) is 9.58. The van der Waals surface area contributed by atoms with Gasteiger partial charge < -0.3 is 16.0 Å². The Morgan fingerprint density at radius 3 is 2.69 bits per heavy atom. The van der Waals surface area contributed by atoms with Gasteiger partial charge in [0.2, 0.25) is 0 Å². The normalized spacial score (nSPS) is 13.1. The molecule has 0 aliphatic heterocycles. The first-order valence-electron chi connectivity index (χ1n) is 8.12. The van der Waals surface area contributed by atoms with Gasteiger partial charge in [-0.05, 0) is 25.5 Å². The Balaban J connectivity index is 0.00000338. The molecule has 1 atom stereocenters. The first-order chi connectivity index (χ1) is 11.9. The number of hydrogen-bond donors (Lipinski definition) is 3. The SMILES string of the molecule is CN=C(NCCNc1nc2ccccc2s1)NC(C)CCS(C)(=O)=O.I. The van der Waals surface area contributed by atoms with E-state index in [2.05, 4.69) is 32.0 Å². The number of aromatic nitrogens is 1. The van der Waals surface area contributed by atoms with Gasteiger partial charge in [-0.15, -0.1) is 24.0 Å². The first-order valence-corrected chi connectivity index (χ1v) is 11.0. The van der Waals surface area contributed by atoms with Gasteiger partial charge in [-0.25, -0.2) is 13.4 Å².